The number of carbonyl (C=O) groups is 2. The first kappa shape index (κ1) is 24.1. The summed E-state index contributed by atoms with van der Waals surface area (Å²) >= 11 is 0. The molecular weight excluding hydrogens is 464 g/mol. The summed E-state index contributed by atoms with van der Waals surface area (Å²) in [5, 5.41) is 0. The fraction of sp³-hybridized carbons (Fsp3) is 0.161. The highest BCUT2D eigenvalue weighted by Crippen LogP contribution is 2.36. The van der Waals surface area contributed by atoms with Crippen molar-refractivity contribution >= 4 is 23.2 Å². The highest BCUT2D eigenvalue weighted by atomic mass is 16.5. The van der Waals surface area contributed by atoms with Crippen molar-refractivity contribution in [1.29, 1.82) is 0 Å². The number of carbonyl (C=O) groups excluding carboxylic acids is 2. The van der Waals surface area contributed by atoms with Crippen molar-refractivity contribution in [3.63, 3.8) is 0 Å². The average molecular weight is 493 g/mol. The normalized spacial score (nSPS) is 16.6. The Morgan fingerprint density at radius 1 is 0.784 bits per heavy atom. The number of rotatable bonds is 8. The first-order valence-electron chi connectivity index (χ1n) is 12.2. The van der Waals surface area contributed by atoms with Gasteiger partial charge in [0.15, 0.2) is 12.8 Å². The fourth-order valence-electron chi connectivity index (χ4n) is 4.47. The van der Waals surface area contributed by atoms with Gasteiger partial charge in [0.1, 0.15) is 11.5 Å². The summed E-state index contributed by atoms with van der Waals surface area (Å²) in [6.45, 7) is 3.75. The molecule has 0 spiro atoms. The molecule has 0 aromatic heterocycles. The van der Waals surface area contributed by atoms with E-state index >= 15 is 0 Å². The first-order chi connectivity index (χ1) is 18.0. The Kier molecular flexibility index (Phi) is 6.90. The van der Waals surface area contributed by atoms with E-state index in [0.717, 1.165) is 11.1 Å². The molecule has 1 aliphatic heterocycles. The number of amides is 2. The van der Waals surface area contributed by atoms with Gasteiger partial charge in [-0.15, -0.1) is 0 Å². The molecule has 0 radical (unpaired) electrons. The molecule has 1 fully saturated rings. The van der Waals surface area contributed by atoms with Crippen LogP contribution in [-0.4, -0.2) is 30.7 Å². The molecule has 37 heavy (non-hydrogen) atoms. The van der Waals surface area contributed by atoms with Crippen molar-refractivity contribution in [2.75, 3.05) is 16.4 Å². The number of para-hydroxylation sites is 2. The summed E-state index contributed by atoms with van der Waals surface area (Å²) in [7, 11) is 0. The number of ether oxygens (including phenoxy) is 2. The molecular formula is C31H28N2O4. The fourth-order valence-corrected chi connectivity index (χ4v) is 4.47. The second kappa shape index (κ2) is 10.6. The number of nitrogens with zero attached hydrogens (tertiary/aromatic N) is 2. The van der Waals surface area contributed by atoms with Gasteiger partial charge in [-0.25, -0.2) is 0 Å². The lowest BCUT2D eigenvalue weighted by molar-refractivity contribution is -0.136. The van der Waals surface area contributed by atoms with Gasteiger partial charge in [0.25, 0.3) is 11.8 Å². The topological polar surface area (TPSA) is 59.1 Å². The van der Waals surface area contributed by atoms with Crippen molar-refractivity contribution in [3.05, 3.63) is 120 Å². The lowest BCUT2D eigenvalue weighted by atomic mass is 9.99. The molecule has 186 valence electrons. The Bertz CT molecular complexity index is 1390. The first-order valence-corrected chi connectivity index (χ1v) is 12.2. The van der Waals surface area contributed by atoms with Crippen LogP contribution in [0.2, 0.25) is 0 Å². The van der Waals surface area contributed by atoms with Crippen LogP contribution >= 0.6 is 0 Å². The molecule has 4 aromatic carbocycles. The second-order valence-corrected chi connectivity index (χ2v) is 9.02. The molecule has 1 aliphatic rings. The minimum absolute atomic E-state index is 0.192. The van der Waals surface area contributed by atoms with E-state index in [1.807, 2.05) is 98.8 Å². The maximum Gasteiger partial charge on any atom is 0.274 e. The van der Waals surface area contributed by atoms with Gasteiger partial charge in [-0.05, 0) is 73.5 Å². The van der Waals surface area contributed by atoms with Gasteiger partial charge in [-0.1, -0.05) is 60.7 Å². The molecule has 6 nitrogen and oxygen atoms in total. The number of anilines is 2. The predicted molar refractivity (Wildman–Crippen MR) is 144 cm³/mol. The van der Waals surface area contributed by atoms with E-state index in [2.05, 4.69) is 0 Å². The predicted octanol–water partition coefficient (Wildman–Crippen LogP) is 5.54. The van der Waals surface area contributed by atoms with E-state index in [1.54, 1.807) is 34.1 Å². The Morgan fingerprint density at radius 2 is 1.41 bits per heavy atom. The Balaban J connectivity index is 1.54. The van der Waals surface area contributed by atoms with Crippen molar-refractivity contribution in [2.24, 2.45) is 0 Å². The lowest BCUT2D eigenvalue weighted by Gasteiger charge is -2.51. The molecule has 0 saturated carbocycles. The maximum absolute atomic E-state index is 13.8. The van der Waals surface area contributed by atoms with Crippen LogP contribution in [0.1, 0.15) is 11.1 Å². The number of β-lactam (4-membered cyclic amide) rings is 1. The van der Waals surface area contributed by atoms with E-state index in [-0.39, 0.29) is 18.4 Å². The van der Waals surface area contributed by atoms with E-state index < -0.39 is 12.3 Å². The monoisotopic (exact) mass is 492 g/mol. The SMILES string of the molecule is Cc1cccc(N(C(=O)COc2ccccc2)[C@H]2[C@H](Oc3ccccc3)C(=O)N2c2cccc(C)c2)c1. The molecule has 0 N–H and O–H groups in total. The molecule has 4 aromatic rings. The zero-order valence-corrected chi connectivity index (χ0v) is 20.8. The molecule has 0 bridgehead atoms. The molecule has 1 saturated heterocycles. The third-order valence-electron chi connectivity index (χ3n) is 6.22. The standard InChI is InChI=1S/C31H28N2O4/c1-22-11-9-13-24(19-22)32(28(34)21-36-26-15-5-3-6-16-26)30-29(37-27-17-7-4-8-18-27)31(35)33(30)25-14-10-12-23(2)20-25/h3-20,29-30H,21H2,1-2H3/t29-,30+/m0/s1. The van der Waals surface area contributed by atoms with Crippen molar-refractivity contribution in [1.82, 2.24) is 0 Å². The third kappa shape index (κ3) is 5.19. The molecule has 6 heteroatoms. The zero-order chi connectivity index (χ0) is 25.8. The smallest absolute Gasteiger partial charge is 0.274 e. The van der Waals surface area contributed by atoms with Gasteiger partial charge in [0, 0.05) is 11.4 Å². The quantitative estimate of drug-likeness (QED) is 0.303. The van der Waals surface area contributed by atoms with Gasteiger partial charge in [-0.3, -0.25) is 19.4 Å². The van der Waals surface area contributed by atoms with E-state index in [9.17, 15) is 9.59 Å². The highest BCUT2D eigenvalue weighted by Gasteiger charge is 2.55. The number of benzene rings is 4. The summed E-state index contributed by atoms with van der Waals surface area (Å²) in [5.74, 6) is 0.657. The van der Waals surface area contributed by atoms with E-state index in [1.165, 1.54) is 0 Å². The van der Waals surface area contributed by atoms with Crippen LogP contribution in [0.5, 0.6) is 11.5 Å². The largest absolute Gasteiger partial charge is 0.484 e. The molecule has 2 amide bonds. The summed E-state index contributed by atoms with van der Waals surface area (Å²) in [5.41, 5.74) is 3.38. The van der Waals surface area contributed by atoms with Gasteiger partial charge in [0.2, 0.25) is 6.10 Å². The van der Waals surface area contributed by atoms with Crippen LogP contribution in [0.25, 0.3) is 0 Å². The van der Waals surface area contributed by atoms with Crippen LogP contribution in [0.4, 0.5) is 11.4 Å². The van der Waals surface area contributed by atoms with Gasteiger partial charge in [-0.2, -0.15) is 0 Å². The summed E-state index contributed by atoms with van der Waals surface area (Å²) in [6.07, 6.45) is -1.59. The minimum atomic E-state index is -0.885. The average Bonchev–Trinajstić information content (AvgIpc) is 2.91. The summed E-state index contributed by atoms with van der Waals surface area (Å²) in [6, 6.07) is 33.7. The Hall–Kier alpha value is -4.58. The number of hydrogen-bond acceptors (Lipinski definition) is 4. The van der Waals surface area contributed by atoms with Gasteiger partial charge in [0.05, 0.1) is 0 Å². The van der Waals surface area contributed by atoms with Gasteiger partial charge < -0.3 is 9.47 Å². The summed E-state index contributed by atoms with van der Waals surface area (Å²) in [4.78, 5) is 30.6. The molecule has 0 unspecified atom stereocenters. The number of hydrogen-bond donors (Lipinski definition) is 0. The molecule has 2 atom stereocenters. The van der Waals surface area contributed by atoms with E-state index in [4.69, 9.17) is 9.47 Å². The van der Waals surface area contributed by atoms with Crippen LogP contribution in [0.15, 0.2) is 109 Å². The van der Waals surface area contributed by atoms with Crippen LogP contribution < -0.4 is 19.3 Å². The van der Waals surface area contributed by atoms with E-state index in [0.29, 0.717) is 22.9 Å². The lowest BCUT2D eigenvalue weighted by Crippen LogP contribution is -2.75. The molecule has 5 rings (SSSR count). The number of aryl methyl sites for hydroxylation is 2. The Morgan fingerprint density at radius 3 is 2.05 bits per heavy atom. The maximum atomic E-state index is 13.8. The van der Waals surface area contributed by atoms with Gasteiger partial charge >= 0.3 is 0 Å². The van der Waals surface area contributed by atoms with Crippen molar-refractivity contribution in [2.45, 2.75) is 26.1 Å². The highest BCUT2D eigenvalue weighted by molar-refractivity contribution is 6.09. The molecule has 1 heterocycles. The van der Waals surface area contributed by atoms with Crippen LogP contribution in [-0.2, 0) is 9.59 Å². The van der Waals surface area contributed by atoms with Crippen LogP contribution in [0, 0.1) is 13.8 Å². The Labute approximate surface area is 216 Å². The van der Waals surface area contributed by atoms with Crippen molar-refractivity contribution < 1.29 is 19.1 Å². The van der Waals surface area contributed by atoms with Crippen molar-refractivity contribution in [3.8, 4) is 11.5 Å². The zero-order valence-electron chi connectivity index (χ0n) is 20.8. The van der Waals surface area contributed by atoms with Crippen LogP contribution in [0.3, 0.4) is 0 Å². The summed E-state index contributed by atoms with van der Waals surface area (Å²) < 4.78 is 12.0. The second-order valence-electron chi connectivity index (χ2n) is 9.02. The third-order valence-corrected chi connectivity index (χ3v) is 6.22. The molecule has 0 aliphatic carbocycles. The minimum Gasteiger partial charge on any atom is -0.484 e.